The van der Waals surface area contributed by atoms with E-state index >= 15 is 0 Å². The minimum atomic E-state index is -1.31. The van der Waals surface area contributed by atoms with E-state index in [1.807, 2.05) is 23.1 Å². The summed E-state index contributed by atoms with van der Waals surface area (Å²) in [6, 6.07) is 13.8. The number of carbonyl (C=O) groups excluding carboxylic acids is 1. The molecule has 1 N–H and O–H groups in total. The number of carbonyl (C=O) groups is 2. The second-order valence-electron chi connectivity index (χ2n) is 10.7. The van der Waals surface area contributed by atoms with E-state index in [9.17, 15) is 14.7 Å². The molecule has 36 heavy (non-hydrogen) atoms. The topological polar surface area (TPSA) is 79.2 Å². The molecule has 4 rings (SSSR count). The molecule has 6 heteroatoms. The number of ether oxygens (including phenoxy) is 1. The first kappa shape index (κ1) is 25.9. The average Bonchev–Trinajstić information content (AvgIpc) is 3.08. The quantitative estimate of drug-likeness (QED) is 0.433. The van der Waals surface area contributed by atoms with Gasteiger partial charge in [-0.05, 0) is 74.4 Å². The monoisotopic (exact) mass is 490 g/mol. The summed E-state index contributed by atoms with van der Waals surface area (Å²) >= 11 is 0. The number of rotatable bonds is 9. The zero-order valence-electron chi connectivity index (χ0n) is 22.0. The number of hydrogen-bond donors (Lipinski definition) is 1. The van der Waals surface area contributed by atoms with Gasteiger partial charge in [-0.1, -0.05) is 62.9 Å². The van der Waals surface area contributed by atoms with Crippen LogP contribution in [-0.4, -0.2) is 38.9 Å². The van der Waals surface area contributed by atoms with Gasteiger partial charge in [0.05, 0.1) is 6.54 Å². The highest BCUT2D eigenvalue weighted by atomic mass is 16.5. The number of carboxylic acid groups (broad SMARTS) is 1. The molecule has 2 aromatic rings. The van der Waals surface area contributed by atoms with E-state index in [1.54, 1.807) is 6.07 Å². The van der Waals surface area contributed by atoms with E-state index in [2.05, 4.69) is 32.0 Å². The third kappa shape index (κ3) is 5.32. The summed E-state index contributed by atoms with van der Waals surface area (Å²) in [4.78, 5) is 32.0. The number of amides is 1. The summed E-state index contributed by atoms with van der Waals surface area (Å²) in [7, 11) is 0. The van der Waals surface area contributed by atoms with Gasteiger partial charge in [-0.3, -0.25) is 14.7 Å². The summed E-state index contributed by atoms with van der Waals surface area (Å²) in [5.74, 6) is 0.639. The zero-order chi connectivity index (χ0) is 25.9. The van der Waals surface area contributed by atoms with Crippen molar-refractivity contribution in [2.45, 2.75) is 96.7 Å². The molecule has 1 amide bonds. The van der Waals surface area contributed by atoms with E-state index in [4.69, 9.17) is 9.73 Å². The Morgan fingerprint density at radius 2 is 1.89 bits per heavy atom. The second kappa shape index (κ2) is 10.5. The van der Waals surface area contributed by atoms with Gasteiger partial charge in [0.25, 0.3) is 5.91 Å². The molecular formula is C30H38N2O4. The van der Waals surface area contributed by atoms with Crippen molar-refractivity contribution < 1.29 is 19.4 Å². The Labute approximate surface area is 214 Å². The number of hydrogen-bond acceptors (Lipinski definition) is 4. The van der Waals surface area contributed by atoms with Crippen LogP contribution in [0.5, 0.6) is 5.75 Å². The molecule has 0 atom stereocenters. The van der Waals surface area contributed by atoms with E-state index < -0.39 is 17.1 Å². The van der Waals surface area contributed by atoms with Crippen LogP contribution in [-0.2, 0) is 16.1 Å². The van der Waals surface area contributed by atoms with Crippen molar-refractivity contribution in [1.82, 2.24) is 4.90 Å². The summed E-state index contributed by atoms with van der Waals surface area (Å²) in [5.41, 5.74) is 2.34. The predicted molar refractivity (Wildman–Crippen MR) is 142 cm³/mol. The Morgan fingerprint density at radius 1 is 1.14 bits per heavy atom. The maximum absolute atomic E-state index is 13.6. The van der Waals surface area contributed by atoms with Crippen LogP contribution in [0, 0.1) is 6.92 Å². The Kier molecular flexibility index (Phi) is 7.53. The molecule has 0 saturated heterocycles. The molecule has 1 aliphatic carbocycles. The van der Waals surface area contributed by atoms with Crippen LogP contribution < -0.4 is 4.74 Å². The van der Waals surface area contributed by atoms with Gasteiger partial charge in [0.2, 0.25) is 0 Å². The van der Waals surface area contributed by atoms with Gasteiger partial charge >= 0.3 is 5.97 Å². The van der Waals surface area contributed by atoms with Gasteiger partial charge in [-0.2, -0.15) is 0 Å². The van der Waals surface area contributed by atoms with Crippen LogP contribution in [0.25, 0.3) is 11.1 Å². The van der Waals surface area contributed by atoms with Gasteiger partial charge < -0.3 is 9.84 Å². The molecule has 1 spiro atoms. The van der Waals surface area contributed by atoms with Crippen molar-refractivity contribution >= 4 is 17.7 Å². The third-order valence-corrected chi connectivity index (χ3v) is 7.40. The van der Waals surface area contributed by atoms with Crippen molar-refractivity contribution in [3.8, 4) is 16.9 Å². The van der Waals surface area contributed by atoms with Crippen molar-refractivity contribution in [3.05, 3.63) is 53.6 Å². The van der Waals surface area contributed by atoms with Crippen LogP contribution >= 0.6 is 0 Å². The summed E-state index contributed by atoms with van der Waals surface area (Å²) in [6.45, 7) is 7.85. The van der Waals surface area contributed by atoms with Crippen molar-refractivity contribution in [3.63, 3.8) is 0 Å². The molecule has 0 unspecified atom stereocenters. The van der Waals surface area contributed by atoms with Crippen LogP contribution in [0.1, 0.15) is 83.3 Å². The standard InChI is InChI=1S/C30H38N2O4/c1-5-6-13-26-31-30(16-8-7-9-17-30)27(33)32(26)20-22-14-15-25(21(2)18-22)23-11-10-12-24(19-23)36-29(3,4)28(34)35/h10-12,14-15,18-19H,5-9,13,16-17,20H2,1-4H3,(H,34,35). The first-order valence-electron chi connectivity index (χ1n) is 13.2. The normalized spacial score (nSPS) is 17.4. The van der Waals surface area contributed by atoms with Crippen molar-refractivity contribution in [2.24, 2.45) is 4.99 Å². The van der Waals surface area contributed by atoms with E-state index in [1.165, 1.54) is 20.3 Å². The van der Waals surface area contributed by atoms with Gasteiger partial charge in [-0.15, -0.1) is 0 Å². The SMILES string of the molecule is CCCCC1=NC2(CCCCC2)C(=O)N1Cc1ccc(-c2cccc(OC(C)(C)C(=O)O)c2)c(C)c1. The minimum Gasteiger partial charge on any atom is -0.478 e. The maximum Gasteiger partial charge on any atom is 0.347 e. The molecule has 0 bridgehead atoms. The molecule has 1 aliphatic heterocycles. The lowest BCUT2D eigenvalue weighted by molar-refractivity contribution is -0.152. The number of aliphatic imine (C=N–C) groups is 1. The summed E-state index contributed by atoms with van der Waals surface area (Å²) in [5, 5.41) is 9.39. The molecule has 0 radical (unpaired) electrons. The van der Waals surface area contributed by atoms with Crippen LogP contribution in [0.15, 0.2) is 47.5 Å². The lowest BCUT2D eigenvalue weighted by atomic mass is 9.82. The van der Waals surface area contributed by atoms with Crippen LogP contribution in [0.4, 0.5) is 0 Å². The summed E-state index contributed by atoms with van der Waals surface area (Å²) in [6.07, 6.45) is 8.03. The highest BCUT2D eigenvalue weighted by molar-refractivity contribution is 6.08. The van der Waals surface area contributed by atoms with E-state index in [-0.39, 0.29) is 5.91 Å². The smallest absolute Gasteiger partial charge is 0.347 e. The minimum absolute atomic E-state index is 0.181. The molecule has 1 heterocycles. The number of nitrogens with zero attached hydrogens (tertiary/aromatic N) is 2. The van der Waals surface area contributed by atoms with Gasteiger partial charge in [-0.25, -0.2) is 4.79 Å². The third-order valence-electron chi connectivity index (χ3n) is 7.40. The Bertz CT molecular complexity index is 1160. The molecule has 0 aromatic heterocycles. The molecule has 2 aliphatic rings. The number of benzene rings is 2. The van der Waals surface area contributed by atoms with Crippen molar-refractivity contribution in [2.75, 3.05) is 0 Å². The fourth-order valence-corrected chi connectivity index (χ4v) is 5.27. The lowest BCUT2D eigenvalue weighted by Crippen LogP contribution is -2.43. The maximum atomic E-state index is 13.6. The molecule has 1 saturated carbocycles. The van der Waals surface area contributed by atoms with E-state index in [0.717, 1.165) is 73.0 Å². The summed E-state index contributed by atoms with van der Waals surface area (Å²) < 4.78 is 5.73. The fraction of sp³-hybridized carbons (Fsp3) is 0.500. The second-order valence-corrected chi connectivity index (χ2v) is 10.7. The first-order valence-corrected chi connectivity index (χ1v) is 13.2. The molecule has 192 valence electrons. The highest BCUT2D eigenvalue weighted by Crippen LogP contribution is 2.39. The number of unbranched alkanes of at least 4 members (excludes halogenated alkanes) is 1. The largest absolute Gasteiger partial charge is 0.478 e. The van der Waals surface area contributed by atoms with Gasteiger partial charge in [0, 0.05) is 6.42 Å². The number of aliphatic carboxylic acids is 1. The number of aryl methyl sites for hydroxylation is 1. The number of carboxylic acids is 1. The Hall–Kier alpha value is -3.15. The molecule has 2 aromatic carbocycles. The van der Waals surface area contributed by atoms with Crippen LogP contribution in [0.3, 0.4) is 0 Å². The molecular weight excluding hydrogens is 452 g/mol. The zero-order valence-corrected chi connectivity index (χ0v) is 22.0. The Balaban J connectivity index is 1.55. The average molecular weight is 491 g/mol. The Morgan fingerprint density at radius 3 is 2.56 bits per heavy atom. The molecule has 6 nitrogen and oxygen atoms in total. The molecule has 1 fully saturated rings. The van der Waals surface area contributed by atoms with Crippen molar-refractivity contribution in [1.29, 1.82) is 0 Å². The fourth-order valence-electron chi connectivity index (χ4n) is 5.27. The van der Waals surface area contributed by atoms with E-state index in [0.29, 0.717) is 12.3 Å². The van der Waals surface area contributed by atoms with Gasteiger partial charge in [0.15, 0.2) is 5.60 Å². The lowest BCUT2D eigenvalue weighted by Gasteiger charge is -2.29. The number of amidine groups is 1. The highest BCUT2D eigenvalue weighted by Gasteiger charge is 2.48. The first-order chi connectivity index (χ1) is 17.1. The van der Waals surface area contributed by atoms with Gasteiger partial charge in [0.1, 0.15) is 17.1 Å². The predicted octanol–water partition coefficient (Wildman–Crippen LogP) is 6.54. The van der Waals surface area contributed by atoms with Crippen LogP contribution in [0.2, 0.25) is 0 Å².